The molecule has 0 aliphatic heterocycles. The number of rotatable bonds is 4. The predicted molar refractivity (Wildman–Crippen MR) is 116 cm³/mol. The van der Waals surface area contributed by atoms with Gasteiger partial charge in [-0.2, -0.15) is 5.10 Å². The van der Waals surface area contributed by atoms with Crippen LogP contribution in [0.1, 0.15) is 47.4 Å². The van der Waals surface area contributed by atoms with Crippen molar-refractivity contribution in [3.63, 3.8) is 0 Å². The van der Waals surface area contributed by atoms with Gasteiger partial charge in [0.25, 0.3) is 5.56 Å². The van der Waals surface area contributed by atoms with Crippen molar-refractivity contribution in [2.75, 3.05) is 5.43 Å². The molecule has 0 spiro atoms. The third kappa shape index (κ3) is 3.59. The highest BCUT2D eigenvalue weighted by atomic mass is 35.5. The van der Waals surface area contributed by atoms with Crippen molar-refractivity contribution in [3.05, 3.63) is 43.0 Å². The van der Waals surface area contributed by atoms with Gasteiger partial charge in [0.05, 0.1) is 28.3 Å². The lowest BCUT2D eigenvalue weighted by atomic mass is 9.89. The number of aromatic nitrogens is 4. The Morgan fingerprint density at radius 1 is 1.34 bits per heavy atom. The van der Waals surface area contributed by atoms with Gasteiger partial charge in [-0.3, -0.25) is 19.7 Å². The first kappa shape index (κ1) is 20.1. The van der Waals surface area contributed by atoms with E-state index in [0.717, 1.165) is 41.0 Å². The minimum atomic E-state index is -0.266. The summed E-state index contributed by atoms with van der Waals surface area (Å²) in [6.07, 6.45) is 3.14. The highest BCUT2D eigenvalue weighted by Gasteiger charge is 2.24. The molecule has 0 radical (unpaired) electrons. The molecule has 1 unspecified atom stereocenters. The van der Waals surface area contributed by atoms with Crippen LogP contribution in [0.2, 0.25) is 5.02 Å². The standard InChI is InChI=1S/C20H24ClN5O2S/c1-10-5-6-14-15(9-10)29-19-17(14)20(28)26(13(4)22-19)24-16(27)7-8-25-12(3)18(21)11(2)23-25/h10H,5-9H2,1-4H3,(H,24,27). The normalized spacial score (nSPS) is 16.2. The fourth-order valence-electron chi connectivity index (χ4n) is 3.90. The van der Waals surface area contributed by atoms with Crippen LogP contribution in [0.3, 0.4) is 0 Å². The molecule has 0 saturated carbocycles. The van der Waals surface area contributed by atoms with E-state index in [1.165, 1.54) is 9.55 Å². The number of hydrogen-bond donors (Lipinski definition) is 1. The quantitative estimate of drug-likeness (QED) is 0.682. The van der Waals surface area contributed by atoms with Crippen molar-refractivity contribution in [2.45, 2.75) is 59.9 Å². The third-order valence-corrected chi connectivity index (χ3v) is 7.27. The molecule has 1 aliphatic rings. The van der Waals surface area contributed by atoms with Crippen LogP contribution < -0.4 is 11.0 Å². The summed E-state index contributed by atoms with van der Waals surface area (Å²) in [5.74, 6) is 0.843. The Balaban J connectivity index is 1.58. The van der Waals surface area contributed by atoms with Gasteiger partial charge in [-0.25, -0.2) is 9.66 Å². The lowest BCUT2D eigenvalue weighted by molar-refractivity contribution is -0.117. The molecule has 3 aromatic heterocycles. The van der Waals surface area contributed by atoms with Crippen LogP contribution >= 0.6 is 22.9 Å². The Morgan fingerprint density at radius 3 is 2.79 bits per heavy atom. The zero-order chi connectivity index (χ0) is 20.9. The summed E-state index contributed by atoms with van der Waals surface area (Å²) in [5.41, 5.74) is 5.20. The second kappa shape index (κ2) is 7.57. The zero-order valence-corrected chi connectivity index (χ0v) is 18.6. The monoisotopic (exact) mass is 433 g/mol. The summed E-state index contributed by atoms with van der Waals surface area (Å²) >= 11 is 7.77. The number of halogens is 1. The van der Waals surface area contributed by atoms with Crippen LogP contribution in [0.4, 0.5) is 0 Å². The summed E-state index contributed by atoms with van der Waals surface area (Å²) < 4.78 is 2.99. The smallest absolute Gasteiger partial charge is 0.273 e. The second-order valence-electron chi connectivity index (χ2n) is 7.82. The molecule has 29 heavy (non-hydrogen) atoms. The highest BCUT2D eigenvalue weighted by molar-refractivity contribution is 7.18. The van der Waals surface area contributed by atoms with Gasteiger partial charge >= 0.3 is 0 Å². The number of carbonyl (C=O) groups excluding carboxylic acids is 1. The first-order valence-corrected chi connectivity index (χ1v) is 11.0. The lowest BCUT2D eigenvalue weighted by Gasteiger charge is -2.17. The Bertz CT molecular complexity index is 1180. The Labute approximate surface area is 177 Å². The number of amides is 1. The van der Waals surface area contributed by atoms with Crippen LogP contribution in [-0.4, -0.2) is 25.3 Å². The van der Waals surface area contributed by atoms with E-state index in [0.29, 0.717) is 28.7 Å². The van der Waals surface area contributed by atoms with E-state index in [1.807, 2.05) is 13.8 Å². The van der Waals surface area contributed by atoms with Crippen molar-refractivity contribution >= 4 is 39.1 Å². The first-order valence-electron chi connectivity index (χ1n) is 9.79. The minimum absolute atomic E-state index is 0.182. The molecule has 4 rings (SSSR count). The number of thiophene rings is 1. The van der Waals surface area contributed by atoms with Gasteiger partial charge in [0.1, 0.15) is 10.7 Å². The summed E-state index contributed by atoms with van der Waals surface area (Å²) in [5, 5.41) is 5.61. The molecule has 1 N–H and O–H groups in total. The second-order valence-corrected chi connectivity index (χ2v) is 9.29. The van der Waals surface area contributed by atoms with E-state index in [4.69, 9.17) is 11.6 Å². The van der Waals surface area contributed by atoms with Gasteiger partial charge in [-0.1, -0.05) is 18.5 Å². The fourth-order valence-corrected chi connectivity index (χ4v) is 5.46. The molecule has 0 fully saturated rings. The lowest BCUT2D eigenvalue weighted by Crippen LogP contribution is -2.36. The number of hydrogen-bond acceptors (Lipinski definition) is 5. The Morgan fingerprint density at radius 2 is 2.10 bits per heavy atom. The largest absolute Gasteiger partial charge is 0.281 e. The maximum Gasteiger partial charge on any atom is 0.281 e. The van der Waals surface area contributed by atoms with Crippen LogP contribution in [0.15, 0.2) is 4.79 Å². The van der Waals surface area contributed by atoms with Crippen molar-refractivity contribution < 1.29 is 4.79 Å². The van der Waals surface area contributed by atoms with Crippen LogP contribution in [-0.2, 0) is 24.2 Å². The molecule has 1 atom stereocenters. The Kier molecular flexibility index (Phi) is 5.25. The molecule has 9 heteroatoms. The number of nitrogens with one attached hydrogen (secondary N) is 1. The summed E-state index contributed by atoms with van der Waals surface area (Å²) in [6, 6.07) is 0. The van der Waals surface area contributed by atoms with E-state index in [9.17, 15) is 9.59 Å². The Hall–Kier alpha value is -2.19. The molecule has 1 amide bonds. The van der Waals surface area contributed by atoms with E-state index < -0.39 is 0 Å². The molecular weight excluding hydrogens is 410 g/mol. The zero-order valence-electron chi connectivity index (χ0n) is 17.0. The van der Waals surface area contributed by atoms with E-state index in [2.05, 4.69) is 22.4 Å². The van der Waals surface area contributed by atoms with Crippen molar-refractivity contribution in [1.29, 1.82) is 0 Å². The molecule has 3 aromatic rings. The molecule has 0 bridgehead atoms. The number of carbonyl (C=O) groups is 1. The number of nitrogens with zero attached hydrogens (tertiary/aromatic N) is 4. The number of aryl methyl sites for hydroxylation is 4. The van der Waals surface area contributed by atoms with Gasteiger partial charge in [0, 0.05) is 11.3 Å². The molecule has 1 aliphatic carbocycles. The van der Waals surface area contributed by atoms with Gasteiger partial charge in [-0.05, 0) is 51.5 Å². The van der Waals surface area contributed by atoms with Gasteiger partial charge in [0.2, 0.25) is 5.91 Å². The average molecular weight is 434 g/mol. The molecule has 154 valence electrons. The SMILES string of the molecule is Cc1nn(CCC(=O)Nn2c(C)nc3sc4c(c3c2=O)CCC(C)C4)c(C)c1Cl. The highest BCUT2D eigenvalue weighted by Crippen LogP contribution is 2.35. The van der Waals surface area contributed by atoms with Crippen molar-refractivity contribution in [1.82, 2.24) is 19.4 Å². The first-order chi connectivity index (χ1) is 13.8. The van der Waals surface area contributed by atoms with Crippen molar-refractivity contribution in [2.24, 2.45) is 5.92 Å². The van der Waals surface area contributed by atoms with Crippen LogP contribution in [0.5, 0.6) is 0 Å². The van der Waals surface area contributed by atoms with Crippen molar-refractivity contribution in [3.8, 4) is 0 Å². The maximum atomic E-state index is 13.2. The van der Waals surface area contributed by atoms with E-state index >= 15 is 0 Å². The molecule has 3 heterocycles. The topological polar surface area (TPSA) is 81.8 Å². The summed E-state index contributed by atoms with van der Waals surface area (Å²) in [7, 11) is 0. The van der Waals surface area contributed by atoms with Crippen LogP contribution in [0, 0.1) is 26.7 Å². The van der Waals surface area contributed by atoms with Gasteiger partial charge in [-0.15, -0.1) is 11.3 Å². The van der Waals surface area contributed by atoms with Crippen LogP contribution in [0.25, 0.3) is 10.2 Å². The minimum Gasteiger partial charge on any atom is -0.273 e. The molecule has 0 aromatic carbocycles. The van der Waals surface area contributed by atoms with Gasteiger partial charge in [0.15, 0.2) is 0 Å². The molecular formula is C20H24ClN5O2S. The average Bonchev–Trinajstić information content (AvgIpc) is 3.14. The summed E-state index contributed by atoms with van der Waals surface area (Å²) in [6.45, 7) is 8.06. The third-order valence-electron chi connectivity index (χ3n) is 5.58. The molecule has 0 saturated heterocycles. The van der Waals surface area contributed by atoms with E-state index in [1.54, 1.807) is 22.9 Å². The maximum absolute atomic E-state index is 13.2. The van der Waals surface area contributed by atoms with E-state index in [-0.39, 0.29) is 17.9 Å². The fraction of sp³-hybridized carbons (Fsp3) is 0.500. The summed E-state index contributed by atoms with van der Waals surface area (Å²) in [4.78, 5) is 32.3. The molecule has 7 nitrogen and oxygen atoms in total. The predicted octanol–water partition coefficient (Wildman–Crippen LogP) is 3.52. The van der Waals surface area contributed by atoms with Gasteiger partial charge < -0.3 is 0 Å². The number of fused-ring (bicyclic) bond motifs is 3.